The summed E-state index contributed by atoms with van der Waals surface area (Å²) in [7, 11) is 0. The molecule has 4 heteroatoms. The number of rotatable bonds is 1. The van der Waals surface area contributed by atoms with Crippen LogP contribution in [0.1, 0.15) is 23.1 Å². The summed E-state index contributed by atoms with van der Waals surface area (Å²) in [6.45, 7) is 0. The zero-order chi connectivity index (χ0) is 16.9. The molecule has 1 aliphatic rings. The summed E-state index contributed by atoms with van der Waals surface area (Å²) in [6.07, 6.45) is -1.80. The first kappa shape index (κ1) is 15.1. The number of aryl methyl sites for hydroxylation is 1. The van der Waals surface area contributed by atoms with E-state index in [1.807, 2.05) is 30.3 Å². The molecule has 3 aromatic carbocycles. The summed E-state index contributed by atoms with van der Waals surface area (Å²) in [5.74, 6) is -0.0528. The maximum absolute atomic E-state index is 13.1. The average Bonchev–Trinajstić information content (AvgIpc) is 3.04. The van der Waals surface area contributed by atoms with Crippen molar-refractivity contribution in [2.24, 2.45) is 0 Å². The van der Waals surface area contributed by atoms with E-state index in [9.17, 15) is 18.3 Å². The molecule has 0 spiro atoms. The summed E-state index contributed by atoms with van der Waals surface area (Å²) in [5, 5.41) is 11.8. The molecule has 0 radical (unpaired) electrons. The minimum absolute atomic E-state index is 0.0528. The molecule has 0 unspecified atom stereocenters. The van der Waals surface area contributed by atoms with Gasteiger partial charge in [0.05, 0.1) is 5.56 Å². The zero-order valence-corrected chi connectivity index (χ0v) is 12.8. The van der Waals surface area contributed by atoms with Crippen molar-refractivity contribution in [1.29, 1.82) is 0 Å². The summed E-state index contributed by atoms with van der Waals surface area (Å²) in [6, 6.07) is 13.0. The Morgan fingerprint density at radius 2 is 1.54 bits per heavy atom. The van der Waals surface area contributed by atoms with Gasteiger partial charge in [-0.2, -0.15) is 13.2 Å². The van der Waals surface area contributed by atoms with Crippen LogP contribution in [0.2, 0.25) is 0 Å². The predicted molar refractivity (Wildman–Crippen MR) is 88.1 cm³/mol. The van der Waals surface area contributed by atoms with E-state index in [1.54, 1.807) is 0 Å². The minimum Gasteiger partial charge on any atom is -0.507 e. The molecule has 0 amide bonds. The first-order valence-electron chi connectivity index (χ1n) is 7.90. The highest BCUT2D eigenvalue weighted by Gasteiger charge is 2.32. The monoisotopic (exact) mass is 328 g/mol. The highest BCUT2D eigenvalue weighted by Crippen LogP contribution is 2.46. The van der Waals surface area contributed by atoms with E-state index in [0.29, 0.717) is 5.56 Å². The van der Waals surface area contributed by atoms with E-state index >= 15 is 0 Å². The first-order chi connectivity index (χ1) is 11.5. The van der Waals surface area contributed by atoms with Crippen LogP contribution in [-0.4, -0.2) is 5.11 Å². The van der Waals surface area contributed by atoms with Gasteiger partial charge in [0, 0.05) is 10.9 Å². The number of benzene rings is 3. The highest BCUT2D eigenvalue weighted by atomic mass is 19.4. The van der Waals surface area contributed by atoms with E-state index in [0.717, 1.165) is 53.5 Å². The van der Waals surface area contributed by atoms with Crippen molar-refractivity contribution in [2.75, 3.05) is 0 Å². The van der Waals surface area contributed by atoms with Crippen molar-refractivity contribution >= 4 is 10.8 Å². The Balaban J connectivity index is 2.08. The molecule has 24 heavy (non-hydrogen) atoms. The second-order valence-corrected chi connectivity index (χ2v) is 6.16. The lowest BCUT2D eigenvalue weighted by atomic mass is 9.90. The SMILES string of the molecule is Oc1c(-c2ccccc2)c2c(c3ccc(C(F)(F)F)cc13)CCC2. The lowest BCUT2D eigenvalue weighted by Crippen LogP contribution is -2.04. The summed E-state index contributed by atoms with van der Waals surface area (Å²) >= 11 is 0. The van der Waals surface area contributed by atoms with Gasteiger partial charge in [0.15, 0.2) is 0 Å². The predicted octanol–water partition coefficient (Wildman–Crippen LogP) is 5.72. The fraction of sp³-hybridized carbons (Fsp3) is 0.200. The molecule has 0 aromatic heterocycles. The van der Waals surface area contributed by atoms with Crippen LogP contribution in [0, 0.1) is 0 Å². The minimum atomic E-state index is -4.42. The molecule has 3 aromatic rings. The molecule has 122 valence electrons. The van der Waals surface area contributed by atoms with E-state index in [2.05, 4.69) is 0 Å². The Kier molecular flexibility index (Phi) is 3.30. The molecule has 1 N–H and O–H groups in total. The van der Waals surface area contributed by atoms with Gasteiger partial charge < -0.3 is 5.11 Å². The Labute approximate surface area is 137 Å². The van der Waals surface area contributed by atoms with Crippen LogP contribution in [0.3, 0.4) is 0 Å². The number of fused-ring (bicyclic) bond motifs is 3. The van der Waals surface area contributed by atoms with Gasteiger partial charge in [0.2, 0.25) is 0 Å². The zero-order valence-electron chi connectivity index (χ0n) is 12.8. The molecule has 1 nitrogen and oxygen atoms in total. The lowest BCUT2D eigenvalue weighted by Gasteiger charge is -2.17. The maximum Gasteiger partial charge on any atom is 0.416 e. The second kappa shape index (κ2) is 5.26. The largest absolute Gasteiger partial charge is 0.507 e. The van der Waals surface area contributed by atoms with Gasteiger partial charge in [-0.3, -0.25) is 0 Å². The molecule has 0 atom stereocenters. The first-order valence-corrected chi connectivity index (χ1v) is 7.90. The topological polar surface area (TPSA) is 20.2 Å². The molecular weight excluding hydrogens is 313 g/mol. The van der Waals surface area contributed by atoms with Crippen molar-refractivity contribution in [3.05, 3.63) is 65.2 Å². The number of alkyl halides is 3. The van der Waals surface area contributed by atoms with E-state index < -0.39 is 11.7 Å². The maximum atomic E-state index is 13.1. The number of hydrogen-bond acceptors (Lipinski definition) is 1. The molecule has 0 aliphatic heterocycles. The summed E-state index contributed by atoms with van der Waals surface area (Å²) in [5.41, 5.74) is 2.91. The number of halogens is 3. The van der Waals surface area contributed by atoms with Crippen LogP contribution in [0.25, 0.3) is 21.9 Å². The number of phenolic OH excluding ortho intramolecular Hbond substituents is 1. The van der Waals surface area contributed by atoms with Gasteiger partial charge in [-0.25, -0.2) is 0 Å². The van der Waals surface area contributed by atoms with Crippen LogP contribution in [-0.2, 0) is 19.0 Å². The van der Waals surface area contributed by atoms with Gasteiger partial charge in [0.25, 0.3) is 0 Å². The van der Waals surface area contributed by atoms with Gasteiger partial charge in [0.1, 0.15) is 5.75 Å². The number of hydrogen-bond donors (Lipinski definition) is 1. The normalized spacial score (nSPS) is 14.1. The Morgan fingerprint density at radius 1 is 0.833 bits per heavy atom. The molecule has 0 saturated heterocycles. The highest BCUT2D eigenvalue weighted by molar-refractivity contribution is 6.00. The molecular formula is C20H15F3O. The Hall–Kier alpha value is -2.49. The van der Waals surface area contributed by atoms with Gasteiger partial charge in [-0.1, -0.05) is 36.4 Å². The molecule has 0 heterocycles. The van der Waals surface area contributed by atoms with E-state index in [-0.39, 0.29) is 11.1 Å². The Bertz CT molecular complexity index is 927. The smallest absolute Gasteiger partial charge is 0.416 e. The third kappa shape index (κ3) is 2.25. The van der Waals surface area contributed by atoms with Crippen molar-refractivity contribution in [3.63, 3.8) is 0 Å². The standard InChI is InChI=1S/C20H15F3O/c21-20(22,23)13-9-10-15-14-7-4-8-16(14)18(19(24)17(15)11-13)12-5-2-1-3-6-12/h1-3,5-6,9-11,24H,4,7-8H2. The molecule has 4 rings (SSSR count). The van der Waals surface area contributed by atoms with Crippen LogP contribution in [0.4, 0.5) is 13.2 Å². The summed E-state index contributed by atoms with van der Waals surface area (Å²) in [4.78, 5) is 0. The lowest BCUT2D eigenvalue weighted by molar-refractivity contribution is -0.137. The molecule has 0 fully saturated rings. The third-order valence-electron chi connectivity index (χ3n) is 4.75. The van der Waals surface area contributed by atoms with Gasteiger partial charge in [-0.05, 0) is 53.5 Å². The van der Waals surface area contributed by atoms with Crippen molar-refractivity contribution < 1.29 is 18.3 Å². The van der Waals surface area contributed by atoms with E-state index in [4.69, 9.17) is 0 Å². The van der Waals surface area contributed by atoms with Crippen LogP contribution < -0.4 is 0 Å². The van der Waals surface area contributed by atoms with Gasteiger partial charge >= 0.3 is 6.18 Å². The van der Waals surface area contributed by atoms with Crippen molar-refractivity contribution in [2.45, 2.75) is 25.4 Å². The molecule has 0 saturated carbocycles. The number of aromatic hydroxyl groups is 1. The molecule has 1 aliphatic carbocycles. The number of phenols is 1. The van der Waals surface area contributed by atoms with Crippen molar-refractivity contribution in [1.82, 2.24) is 0 Å². The quantitative estimate of drug-likeness (QED) is 0.606. The fourth-order valence-electron chi connectivity index (χ4n) is 3.69. The Morgan fingerprint density at radius 3 is 2.25 bits per heavy atom. The van der Waals surface area contributed by atoms with Crippen LogP contribution >= 0.6 is 0 Å². The fourth-order valence-corrected chi connectivity index (χ4v) is 3.69. The van der Waals surface area contributed by atoms with Crippen molar-refractivity contribution in [3.8, 4) is 16.9 Å². The second-order valence-electron chi connectivity index (χ2n) is 6.16. The molecule has 0 bridgehead atoms. The van der Waals surface area contributed by atoms with Crippen LogP contribution in [0.15, 0.2) is 48.5 Å². The average molecular weight is 328 g/mol. The summed E-state index contributed by atoms with van der Waals surface area (Å²) < 4.78 is 39.2. The van der Waals surface area contributed by atoms with Gasteiger partial charge in [-0.15, -0.1) is 0 Å². The van der Waals surface area contributed by atoms with Crippen LogP contribution in [0.5, 0.6) is 5.75 Å². The van der Waals surface area contributed by atoms with E-state index in [1.165, 1.54) is 6.07 Å². The third-order valence-corrected chi connectivity index (χ3v) is 4.75.